The van der Waals surface area contributed by atoms with Crippen LogP contribution in [0, 0.1) is 0 Å². The second kappa shape index (κ2) is 9.98. The number of benzene rings is 2. The quantitative estimate of drug-likeness (QED) is 0.615. The van der Waals surface area contributed by atoms with Gasteiger partial charge in [0.2, 0.25) is 5.91 Å². The van der Waals surface area contributed by atoms with Gasteiger partial charge < -0.3 is 24.8 Å². The maximum Gasteiger partial charge on any atom is 0.350 e. The predicted octanol–water partition coefficient (Wildman–Crippen LogP) is 3.65. The van der Waals surface area contributed by atoms with E-state index >= 15 is 0 Å². The standard InChI is InChI=1S/C21H23ClN2O6/c1-13(25)23-15-7-10-18(28-4)17(11-15)24-19(26)12-29-20(27)21(2,3)30-16-8-5-14(22)6-9-16/h5-11H,12H2,1-4H3,(H,23,25)(H,24,26). The topological polar surface area (TPSA) is 103 Å². The Morgan fingerprint density at radius 3 is 2.30 bits per heavy atom. The van der Waals surface area contributed by atoms with Crippen molar-refractivity contribution in [2.24, 2.45) is 0 Å². The van der Waals surface area contributed by atoms with Crippen molar-refractivity contribution < 1.29 is 28.6 Å². The number of nitrogens with one attached hydrogen (secondary N) is 2. The molecule has 0 spiro atoms. The first-order chi connectivity index (χ1) is 14.1. The lowest BCUT2D eigenvalue weighted by Gasteiger charge is -2.24. The minimum atomic E-state index is -1.32. The molecule has 0 unspecified atom stereocenters. The van der Waals surface area contributed by atoms with Gasteiger partial charge in [-0.1, -0.05) is 11.6 Å². The van der Waals surface area contributed by atoms with E-state index < -0.39 is 24.1 Å². The molecule has 2 rings (SSSR count). The molecule has 0 aliphatic carbocycles. The van der Waals surface area contributed by atoms with E-state index in [-0.39, 0.29) is 5.91 Å². The molecule has 0 bridgehead atoms. The van der Waals surface area contributed by atoms with Gasteiger partial charge in [-0.05, 0) is 56.3 Å². The number of carbonyl (C=O) groups excluding carboxylic acids is 3. The number of methoxy groups -OCH3 is 1. The fraction of sp³-hybridized carbons (Fsp3) is 0.286. The highest BCUT2D eigenvalue weighted by Gasteiger charge is 2.32. The van der Waals surface area contributed by atoms with Crippen LogP contribution in [0.1, 0.15) is 20.8 Å². The molecule has 0 heterocycles. The van der Waals surface area contributed by atoms with Crippen LogP contribution in [0.25, 0.3) is 0 Å². The average molecular weight is 435 g/mol. The largest absolute Gasteiger partial charge is 0.495 e. The summed E-state index contributed by atoms with van der Waals surface area (Å²) in [5.41, 5.74) is -0.522. The van der Waals surface area contributed by atoms with Gasteiger partial charge in [-0.2, -0.15) is 0 Å². The fourth-order valence-electron chi connectivity index (χ4n) is 2.42. The zero-order valence-electron chi connectivity index (χ0n) is 17.1. The summed E-state index contributed by atoms with van der Waals surface area (Å²) in [5, 5.41) is 5.74. The van der Waals surface area contributed by atoms with Crippen LogP contribution < -0.4 is 20.1 Å². The van der Waals surface area contributed by atoms with E-state index in [1.165, 1.54) is 33.9 Å². The number of ether oxygens (including phenoxy) is 3. The van der Waals surface area contributed by atoms with Crippen LogP contribution in [0.2, 0.25) is 5.02 Å². The molecule has 0 fully saturated rings. The van der Waals surface area contributed by atoms with Gasteiger partial charge in [0.15, 0.2) is 12.2 Å². The van der Waals surface area contributed by atoms with E-state index in [9.17, 15) is 14.4 Å². The number of rotatable bonds is 8. The maximum atomic E-state index is 12.4. The van der Waals surface area contributed by atoms with Crippen molar-refractivity contribution in [3.63, 3.8) is 0 Å². The van der Waals surface area contributed by atoms with Crippen molar-refractivity contribution in [2.45, 2.75) is 26.4 Å². The second-order valence-electron chi connectivity index (χ2n) is 6.79. The minimum absolute atomic E-state index is 0.255. The Bertz CT molecular complexity index is 928. The van der Waals surface area contributed by atoms with Crippen LogP contribution in [0.15, 0.2) is 42.5 Å². The Morgan fingerprint density at radius 1 is 1.03 bits per heavy atom. The molecular formula is C21H23ClN2O6. The van der Waals surface area contributed by atoms with Crippen LogP contribution in [-0.2, 0) is 19.1 Å². The predicted molar refractivity (Wildman–Crippen MR) is 113 cm³/mol. The summed E-state index contributed by atoms with van der Waals surface area (Å²) in [6, 6.07) is 11.3. The number of halogens is 1. The molecule has 2 amide bonds. The Morgan fingerprint density at radius 2 is 1.70 bits per heavy atom. The molecule has 2 aromatic carbocycles. The third kappa shape index (κ3) is 6.66. The van der Waals surface area contributed by atoms with Gasteiger partial charge in [-0.3, -0.25) is 9.59 Å². The van der Waals surface area contributed by atoms with E-state index in [0.717, 1.165) is 0 Å². The number of hydrogen-bond acceptors (Lipinski definition) is 6. The molecule has 0 aromatic heterocycles. The summed E-state index contributed by atoms with van der Waals surface area (Å²) in [7, 11) is 1.44. The van der Waals surface area contributed by atoms with Gasteiger partial charge in [-0.25, -0.2) is 4.79 Å². The van der Waals surface area contributed by atoms with Crippen molar-refractivity contribution in [1.82, 2.24) is 0 Å². The highest BCUT2D eigenvalue weighted by Crippen LogP contribution is 2.28. The molecule has 30 heavy (non-hydrogen) atoms. The molecule has 160 valence electrons. The minimum Gasteiger partial charge on any atom is -0.495 e. The molecule has 2 N–H and O–H groups in total. The van der Waals surface area contributed by atoms with E-state index in [0.29, 0.717) is 27.9 Å². The smallest absolute Gasteiger partial charge is 0.350 e. The second-order valence-corrected chi connectivity index (χ2v) is 7.22. The summed E-state index contributed by atoms with van der Waals surface area (Å²) in [6.45, 7) is 3.90. The van der Waals surface area contributed by atoms with Gasteiger partial charge in [0.05, 0.1) is 12.8 Å². The van der Waals surface area contributed by atoms with Crippen LogP contribution in [0.4, 0.5) is 11.4 Å². The monoisotopic (exact) mass is 434 g/mol. The number of anilines is 2. The summed E-state index contributed by atoms with van der Waals surface area (Å²) in [5.74, 6) is -0.731. The Kier molecular flexibility index (Phi) is 7.66. The number of esters is 1. The zero-order valence-corrected chi connectivity index (χ0v) is 17.8. The van der Waals surface area contributed by atoms with Crippen molar-refractivity contribution in [3.8, 4) is 11.5 Å². The molecule has 0 saturated heterocycles. The molecular weight excluding hydrogens is 412 g/mol. The lowest BCUT2D eigenvalue weighted by molar-refractivity contribution is -0.161. The average Bonchev–Trinajstić information content (AvgIpc) is 2.67. The summed E-state index contributed by atoms with van der Waals surface area (Å²) >= 11 is 5.83. The normalized spacial score (nSPS) is 10.7. The van der Waals surface area contributed by atoms with Crippen LogP contribution >= 0.6 is 11.6 Å². The summed E-state index contributed by atoms with van der Waals surface area (Å²) in [6.07, 6.45) is 0. The van der Waals surface area contributed by atoms with Crippen molar-refractivity contribution in [1.29, 1.82) is 0 Å². The van der Waals surface area contributed by atoms with Crippen LogP contribution in [0.5, 0.6) is 11.5 Å². The summed E-state index contributed by atoms with van der Waals surface area (Å²) in [4.78, 5) is 35.8. The van der Waals surface area contributed by atoms with Gasteiger partial charge in [0, 0.05) is 17.6 Å². The van der Waals surface area contributed by atoms with Crippen molar-refractivity contribution in [2.75, 3.05) is 24.4 Å². The highest BCUT2D eigenvalue weighted by molar-refractivity contribution is 6.30. The Labute approximate surface area is 179 Å². The number of carbonyl (C=O) groups is 3. The van der Waals surface area contributed by atoms with Crippen molar-refractivity contribution >= 4 is 40.8 Å². The van der Waals surface area contributed by atoms with Crippen molar-refractivity contribution in [3.05, 3.63) is 47.5 Å². The van der Waals surface area contributed by atoms with E-state index in [2.05, 4.69) is 10.6 Å². The third-order valence-electron chi connectivity index (χ3n) is 3.81. The maximum absolute atomic E-state index is 12.4. The molecule has 2 aromatic rings. The molecule has 8 nitrogen and oxygen atoms in total. The Balaban J connectivity index is 1.97. The highest BCUT2D eigenvalue weighted by atomic mass is 35.5. The molecule has 0 radical (unpaired) electrons. The number of hydrogen-bond donors (Lipinski definition) is 2. The van der Waals surface area contributed by atoms with Gasteiger partial charge in [0.25, 0.3) is 5.91 Å². The SMILES string of the molecule is COc1ccc(NC(C)=O)cc1NC(=O)COC(=O)C(C)(C)Oc1ccc(Cl)cc1. The van der Waals surface area contributed by atoms with Gasteiger partial charge in [0.1, 0.15) is 11.5 Å². The van der Waals surface area contributed by atoms with E-state index in [1.54, 1.807) is 36.4 Å². The Hall–Kier alpha value is -3.26. The first-order valence-corrected chi connectivity index (χ1v) is 9.36. The zero-order chi connectivity index (χ0) is 22.3. The van der Waals surface area contributed by atoms with Crippen LogP contribution in [0.3, 0.4) is 0 Å². The van der Waals surface area contributed by atoms with E-state index in [4.69, 9.17) is 25.8 Å². The third-order valence-corrected chi connectivity index (χ3v) is 4.06. The first-order valence-electron chi connectivity index (χ1n) is 8.98. The molecule has 9 heteroatoms. The fourth-order valence-corrected chi connectivity index (χ4v) is 2.54. The number of amides is 2. The molecule has 0 atom stereocenters. The van der Waals surface area contributed by atoms with Gasteiger partial charge in [-0.15, -0.1) is 0 Å². The summed E-state index contributed by atoms with van der Waals surface area (Å²) < 4.78 is 15.9. The molecule has 0 aliphatic heterocycles. The first kappa shape index (κ1) is 23.0. The van der Waals surface area contributed by atoms with Crippen LogP contribution in [-0.4, -0.2) is 37.1 Å². The lowest BCUT2D eigenvalue weighted by Crippen LogP contribution is -2.41. The molecule has 0 aliphatic rings. The van der Waals surface area contributed by atoms with Gasteiger partial charge >= 0.3 is 5.97 Å². The lowest BCUT2D eigenvalue weighted by atomic mass is 10.1. The van der Waals surface area contributed by atoms with E-state index in [1.807, 2.05) is 0 Å². The molecule has 0 saturated carbocycles.